The summed E-state index contributed by atoms with van der Waals surface area (Å²) in [6.45, 7) is 1.89. The van der Waals surface area contributed by atoms with Crippen LogP contribution in [-0.2, 0) is 6.42 Å². The molecule has 1 aliphatic heterocycles. The molecular weight excluding hydrogens is 308 g/mol. The average molecular weight is 322 g/mol. The summed E-state index contributed by atoms with van der Waals surface area (Å²) in [6.07, 6.45) is 1.37. The number of fused-ring (bicyclic) bond motifs is 1. The molecule has 1 heterocycles. The fraction of sp³-hybridized carbons (Fsp3) is 0.235. The highest BCUT2D eigenvalue weighted by molar-refractivity contribution is 6.34. The summed E-state index contributed by atoms with van der Waals surface area (Å²) in [5.41, 5.74) is 1.22. The van der Waals surface area contributed by atoms with Gasteiger partial charge in [0.2, 0.25) is 0 Å². The smallest absolute Gasteiger partial charge is 0.263 e. The molecule has 1 amide bonds. The predicted molar refractivity (Wildman–Crippen MR) is 82.4 cm³/mol. The van der Waals surface area contributed by atoms with Crippen LogP contribution in [0.4, 0.5) is 14.5 Å². The van der Waals surface area contributed by atoms with E-state index >= 15 is 0 Å². The van der Waals surface area contributed by atoms with Gasteiger partial charge in [0.15, 0.2) is 0 Å². The summed E-state index contributed by atoms with van der Waals surface area (Å²) in [5, 5.41) is 0.0754. The van der Waals surface area contributed by atoms with E-state index in [1.807, 2.05) is 6.92 Å². The number of hydrogen-bond acceptors (Lipinski definition) is 1. The Morgan fingerprint density at radius 3 is 2.77 bits per heavy atom. The molecule has 2 nitrogen and oxygen atoms in total. The Kier molecular flexibility index (Phi) is 3.87. The first kappa shape index (κ1) is 15.0. The van der Waals surface area contributed by atoms with Gasteiger partial charge in [-0.15, -0.1) is 0 Å². The molecule has 5 heteroatoms. The van der Waals surface area contributed by atoms with E-state index in [2.05, 4.69) is 0 Å². The predicted octanol–water partition coefficient (Wildman–Crippen LogP) is 4.60. The molecule has 0 radical (unpaired) electrons. The first-order valence-corrected chi connectivity index (χ1v) is 7.43. The zero-order valence-corrected chi connectivity index (χ0v) is 12.7. The second kappa shape index (κ2) is 5.69. The van der Waals surface area contributed by atoms with Crippen molar-refractivity contribution < 1.29 is 13.6 Å². The summed E-state index contributed by atoms with van der Waals surface area (Å²) < 4.78 is 27.4. The molecule has 1 unspecified atom stereocenters. The number of anilines is 1. The molecule has 0 saturated heterocycles. The Hall–Kier alpha value is -1.94. The number of halogens is 3. The highest BCUT2D eigenvalue weighted by Gasteiger charge is 2.31. The number of hydrogen-bond donors (Lipinski definition) is 0. The second-order valence-corrected chi connectivity index (χ2v) is 5.84. The minimum absolute atomic E-state index is 0.0754. The van der Waals surface area contributed by atoms with Crippen LogP contribution in [0.2, 0.25) is 5.02 Å². The lowest BCUT2D eigenvalue weighted by atomic mass is 9.95. The third-order valence-electron chi connectivity index (χ3n) is 3.97. The van der Waals surface area contributed by atoms with Crippen molar-refractivity contribution in [1.82, 2.24) is 0 Å². The Labute approximate surface area is 132 Å². The van der Waals surface area contributed by atoms with Crippen molar-refractivity contribution in [3.05, 3.63) is 64.2 Å². The highest BCUT2D eigenvalue weighted by atomic mass is 35.5. The van der Waals surface area contributed by atoms with Gasteiger partial charge in [-0.05, 0) is 55.7 Å². The molecule has 0 saturated carbocycles. The molecule has 0 spiro atoms. The number of carbonyl (C=O) groups is 1. The maximum absolute atomic E-state index is 14.0. The summed E-state index contributed by atoms with van der Waals surface area (Å²) in [5.74, 6) is -1.49. The van der Waals surface area contributed by atoms with Crippen LogP contribution in [0.5, 0.6) is 0 Å². The number of nitrogens with zero attached hydrogens (tertiary/aromatic N) is 1. The van der Waals surface area contributed by atoms with E-state index in [-0.39, 0.29) is 22.4 Å². The quantitative estimate of drug-likeness (QED) is 0.751. The van der Waals surface area contributed by atoms with Crippen LogP contribution in [0, 0.1) is 11.6 Å². The number of amides is 1. The van der Waals surface area contributed by atoms with Gasteiger partial charge in [0.1, 0.15) is 11.6 Å². The molecule has 0 aliphatic carbocycles. The fourth-order valence-corrected chi connectivity index (χ4v) is 3.10. The van der Waals surface area contributed by atoms with E-state index in [0.29, 0.717) is 18.5 Å². The zero-order valence-electron chi connectivity index (χ0n) is 11.9. The van der Waals surface area contributed by atoms with Gasteiger partial charge in [0.25, 0.3) is 5.91 Å². The van der Waals surface area contributed by atoms with E-state index in [9.17, 15) is 13.6 Å². The third kappa shape index (κ3) is 2.48. The Bertz CT molecular complexity index is 727. The number of rotatable bonds is 1. The van der Waals surface area contributed by atoms with E-state index in [1.54, 1.807) is 6.07 Å². The molecular formula is C17H14ClF2NO. The molecule has 114 valence electrons. The molecule has 2 aromatic carbocycles. The molecule has 0 N–H and O–H groups in total. The largest absolute Gasteiger partial charge is 0.305 e. The lowest BCUT2D eigenvalue weighted by Crippen LogP contribution is -2.42. The van der Waals surface area contributed by atoms with Crippen molar-refractivity contribution in [1.29, 1.82) is 0 Å². The van der Waals surface area contributed by atoms with Gasteiger partial charge in [0.05, 0.1) is 10.6 Å². The van der Waals surface area contributed by atoms with Gasteiger partial charge < -0.3 is 4.90 Å². The van der Waals surface area contributed by atoms with Gasteiger partial charge in [-0.2, -0.15) is 0 Å². The van der Waals surface area contributed by atoms with E-state index in [4.69, 9.17) is 11.6 Å². The van der Waals surface area contributed by atoms with Gasteiger partial charge in [0, 0.05) is 11.7 Å². The SMILES string of the molecule is CC1CCc2cc(F)ccc2N1C(=O)c1c(F)cccc1Cl. The first-order valence-electron chi connectivity index (χ1n) is 7.05. The maximum atomic E-state index is 14.0. The van der Waals surface area contributed by atoms with Crippen LogP contribution in [0.25, 0.3) is 0 Å². The average Bonchev–Trinajstić information content (AvgIpc) is 2.47. The molecule has 22 heavy (non-hydrogen) atoms. The van der Waals surface area contributed by atoms with Gasteiger partial charge in [-0.3, -0.25) is 4.79 Å². The molecule has 0 bridgehead atoms. The topological polar surface area (TPSA) is 20.3 Å². The summed E-state index contributed by atoms with van der Waals surface area (Å²) in [6, 6.07) is 8.33. The number of carbonyl (C=O) groups excluding carboxylic acids is 1. The monoisotopic (exact) mass is 321 g/mol. The van der Waals surface area contributed by atoms with Crippen molar-refractivity contribution in [2.24, 2.45) is 0 Å². The third-order valence-corrected chi connectivity index (χ3v) is 4.28. The van der Waals surface area contributed by atoms with Crippen LogP contribution < -0.4 is 4.90 Å². The molecule has 3 rings (SSSR count). The van der Waals surface area contributed by atoms with E-state index < -0.39 is 11.7 Å². The van der Waals surface area contributed by atoms with Crippen molar-refractivity contribution in [3.63, 3.8) is 0 Å². The molecule has 0 fully saturated rings. The molecule has 2 aromatic rings. The number of benzene rings is 2. The molecule has 1 aliphatic rings. The Morgan fingerprint density at radius 2 is 2.05 bits per heavy atom. The summed E-state index contributed by atoms with van der Waals surface area (Å²) in [7, 11) is 0. The normalized spacial score (nSPS) is 17.3. The van der Waals surface area contributed by atoms with Crippen LogP contribution in [0.15, 0.2) is 36.4 Å². The van der Waals surface area contributed by atoms with E-state index in [0.717, 1.165) is 5.56 Å². The van der Waals surface area contributed by atoms with Crippen LogP contribution >= 0.6 is 11.6 Å². The Balaban J connectivity index is 2.10. The van der Waals surface area contributed by atoms with Crippen LogP contribution in [0.3, 0.4) is 0 Å². The highest BCUT2D eigenvalue weighted by Crippen LogP contribution is 2.34. The summed E-state index contributed by atoms with van der Waals surface area (Å²) >= 11 is 6.00. The fourth-order valence-electron chi connectivity index (χ4n) is 2.85. The van der Waals surface area contributed by atoms with Crippen molar-refractivity contribution in [2.45, 2.75) is 25.8 Å². The standard InChI is InChI=1S/C17H14ClF2NO/c1-10-5-6-11-9-12(19)7-8-15(11)21(10)17(22)16-13(18)3-2-4-14(16)20/h2-4,7-10H,5-6H2,1H3. The van der Waals surface area contributed by atoms with Gasteiger partial charge in [-0.25, -0.2) is 8.78 Å². The first-order chi connectivity index (χ1) is 10.5. The van der Waals surface area contributed by atoms with Crippen LogP contribution in [-0.4, -0.2) is 11.9 Å². The minimum atomic E-state index is -0.654. The molecule has 1 atom stereocenters. The molecule has 0 aromatic heterocycles. The number of aryl methyl sites for hydroxylation is 1. The lowest BCUT2D eigenvalue weighted by Gasteiger charge is -2.35. The second-order valence-electron chi connectivity index (χ2n) is 5.43. The minimum Gasteiger partial charge on any atom is -0.305 e. The van der Waals surface area contributed by atoms with E-state index in [1.165, 1.54) is 35.2 Å². The maximum Gasteiger partial charge on any atom is 0.263 e. The van der Waals surface area contributed by atoms with Gasteiger partial charge >= 0.3 is 0 Å². The van der Waals surface area contributed by atoms with Crippen LogP contribution in [0.1, 0.15) is 29.3 Å². The zero-order chi connectivity index (χ0) is 15.9. The van der Waals surface area contributed by atoms with Crippen molar-refractivity contribution in [2.75, 3.05) is 4.90 Å². The van der Waals surface area contributed by atoms with Gasteiger partial charge in [-0.1, -0.05) is 17.7 Å². The lowest BCUT2D eigenvalue weighted by molar-refractivity contribution is 0.0971. The Morgan fingerprint density at radius 1 is 1.27 bits per heavy atom. The van der Waals surface area contributed by atoms with Crippen molar-refractivity contribution in [3.8, 4) is 0 Å². The van der Waals surface area contributed by atoms with Crippen molar-refractivity contribution >= 4 is 23.2 Å². The summed E-state index contributed by atoms with van der Waals surface area (Å²) in [4.78, 5) is 14.3.